The highest BCUT2D eigenvalue weighted by Crippen LogP contribution is 2.18. The van der Waals surface area contributed by atoms with Gasteiger partial charge in [-0.15, -0.1) is 0 Å². The Morgan fingerprint density at radius 1 is 1.46 bits per heavy atom. The molecule has 0 bridgehead atoms. The van der Waals surface area contributed by atoms with Gasteiger partial charge in [0.2, 0.25) is 0 Å². The van der Waals surface area contributed by atoms with E-state index in [2.05, 4.69) is 5.32 Å². The van der Waals surface area contributed by atoms with E-state index >= 15 is 0 Å². The molecule has 70 valence electrons. The lowest BCUT2D eigenvalue weighted by atomic mass is 9.92. The second kappa shape index (κ2) is 3.46. The molecule has 2 rings (SSSR count). The predicted molar refractivity (Wildman–Crippen MR) is 51.2 cm³/mol. The lowest BCUT2D eigenvalue weighted by Gasteiger charge is -2.27. The van der Waals surface area contributed by atoms with Crippen molar-refractivity contribution in [3.8, 4) is 0 Å². The second-order valence-corrected chi connectivity index (χ2v) is 3.76. The lowest BCUT2D eigenvalue weighted by molar-refractivity contribution is 0.342. The first-order chi connectivity index (χ1) is 6.27. The molecular weight excluding hydrogens is 165 g/mol. The van der Waals surface area contributed by atoms with E-state index in [9.17, 15) is 4.39 Å². The molecule has 1 aromatic carbocycles. The minimum Gasteiger partial charge on any atom is -0.316 e. The van der Waals surface area contributed by atoms with Crippen molar-refractivity contribution >= 4 is 0 Å². The van der Waals surface area contributed by atoms with Crippen LogP contribution in [0.2, 0.25) is 0 Å². The molecule has 1 aromatic rings. The van der Waals surface area contributed by atoms with Gasteiger partial charge in [0.25, 0.3) is 0 Å². The van der Waals surface area contributed by atoms with E-state index in [0.717, 1.165) is 30.6 Å². The maximum absolute atomic E-state index is 13.4. The first-order valence-corrected chi connectivity index (χ1v) is 4.72. The molecule has 0 atom stereocenters. The summed E-state index contributed by atoms with van der Waals surface area (Å²) in [6.07, 6.45) is 0.880. The zero-order valence-corrected chi connectivity index (χ0v) is 7.81. The summed E-state index contributed by atoms with van der Waals surface area (Å²) in [5, 5.41) is 3.20. The van der Waals surface area contributed by atoms with Gasteiger partial charge in [0, 0.05) is 0 Å². The normalized spacial score (nSPS) is 17.1. The minimum absolute atomic E-state index is 0.0492. The molecule has 13 heavy (non-hydrogen) atoms. The van der Waals surface area contributed by atoms with E-state index in [-0.39, 0.29) is 5.82 Å². The molecule has 1 saturated heterocycles. The number of nitrogens with one attached hydrogen (secondary N) is 1. The molecule has 0 unspecified atom stereocenters. The van der Waals surface area contributed by atoms with Crippen molar-refractivity contribution in [3.63, 3.8) is 0 Å². The highest BCUT2D eigenvalue weighted by molar-refractivity contribution is 5.28. The molecular formula is C11H14FN. The van der Waals surface area contributed by atoms with Crippen LogP contribution in [-0.4, -0.2) is 13.1 Å². The number of rotatable bonds is 2. The zero-order chi connectivity index (χ0) is 9.26. The van der Waals surface area contributed by atoms with Crippen molar-refractivity contribution in [1.82, 2.24) is 5.32 Å². The summed E-state index contributed by atoms with van der Waals surface area (Å²) in [7, 11) is 0. The molecule has 1 N–H and O–H groups in total. The molecule has 0 amide bonds. The van der Waals surface area contributed by atoms with Crippen LogP contribution < -0.4 is 5.32 Å². The van der Waals surface area contributed by atoms with Gasteiger partial charge >= 0.3 is 0 Å². The third-order valence-electron chi connectivity index (χ3n) is 2.71. The summed E-state index contributed by atoms with van der Waals surface area (Å²) in [4.78, 5) is 0. The molecule has 2 heteroatoms. The number of benzene rings is 1. The van der Waals surface area contributed by atoms with Crippen LogP contribution in [0.4, 0.5) is 4.39 Å². The Balaban J connectivity index is 2.17. The third-order valence-corrected chi connectivity index (χ3v) is 2.71. The lowest BCUT2D eigenvalue weighted by Crippen LogP contribution is -2.43. The number of hydrogen-bond donors (Lipinski definition) is 1. The van der Waals surface area contributed by atoms with Crippen molar-refractivity contribution in [3.05, 3.63) is 35.1 Å². The molecule has 0 spiro atoms. The van der Waals surface area contributed by atoms with Crippen molar-refractivity contribution < 1.29 is 4.39 Å². The van der Waals surface area contributed by atoms with Gasteiger partial charge in [-0.2, -0.15) is 0 Å². The van der Waals surface area contributed by atoms with Crippen molar-refractivity contribution in [2.45, 2.75) is 13.3 Å². The Hall–Kier alpha value is -0.890. The summed E-state index contributed by atoms with van der Waals surface area (Å²) < 4.78 is 13.4. The van der Waals surface area contributed by atoms with Crippen LogP contribution in [0, 0.1) is 18.7 Å². The van der Waals surface area contributed by atoms with E-state index in [1.165, 1.54) is 0 Å². The highest BCUT2D eigenvalue weighted by atomic mass is 19.1. The summed E-state index contributed by atoms with van der Waals surface area (Å²) in [5.41, 5.74) is 1.97. The smallest absolute Gasteiger partial charge is 0.126 e. The molecule has 1 aliphatic rings. The van der Waals surface area contributed by atoms with Gasteiger partial charge < -0.3 is 5.32 Å². The van der Waals surface area contributed by atoms with E-state index in [4.69, 9.17) is 0 Å². The molecule has 0 aromatic heterocycles. The Morgan fingerprint density at radius 3 is 2.77 bits per heavy atom. The fraction of sp³-hybridized carbons (Fsp3) is 0.455. The first-order valence-electron chi connectivity index (χ1n) is 4.72. The number of aryl methyl sites for hydroxylation is 1. The Labute approximate surface area is 78.0 Å². The average Bonchev–Trinajstić information content (AvgIpc) is 2.00. The van der Waals surface area contributed by atoms with Gasteiger partial charge in [0.1, 0.15) is 5.82 Å². The van der Waals surface area contributed by atoms with Gasteiger partial charge in [-0.05, 0) is 49.5 Å². The summed E-state index contributed by atoms with van der Waals surface area (Å²) in [6.45, 7) is 4.05. The van der Waals surface area contributed by atoms with Crippen LogP contribution >= 0.6 is 0 Å². The van der Waals surface area contributed by atoms with Crippen LogP contribution in [0.1, 0.15) is 11.1 Å². The zero-order valence-electron chi connectivity index (χ0n) is 7.81. The van der Waals surface area contributed by atoms with E-state index in [1.807, 2.05) is 13.0 Å². The largest absolute Gasteiger partial charge is 0.316 e. The standard InChI is InChI=1S/C11H14FN/c1-8-3-2-4-11(12)10(8)5-9-6-13-7-9/h2-4,9,13H,5-7H2,1H3. The average molecular weight is 179 g/mol. The molecule has 0 radical (unpaired) electrons. The van der Waals surface area contributed by atoms with Gasteiger partial charge in [0.15, 0.2) is 0 Å². The third kappa shape index (κ3) is 1.73. The summed E-state index contributed by atoms with van der Waals surface area (Å²) in [6, 6.07) is 5.30. The Morgan fingerprint density at radius 2 is 2.23 bits per heavy atom. The molecule has 0 saturated carbocycles. The Bertz CT molecular complexity index is 285. The second-order valence-electron chi connectivity index (χ2n) is 3.76. The minimum atomic E-state index is -0.0492. The van der Waals surface area contributed by atoms with Crippen LogP contribution in [0.5, 0.6) is 0 Å². The maximum atomic E-state index is 13.4. The monoisotopic (exact) mass is 179 g/mol. The molecule has 0 aliphatic carbocycles. The first kappa shape index (κ1) is 8.70. The van der Waals surface area contributed by atoms with Gasteiger partial charge in [-0.25, -0.2) is 4.39 Å². The van der Waals surface area contributed by atoms with E-state index in [0.29, 0.717) is 5.92 Å². The SMILES string of the molecule is Cc1cccc(F)c1CC1CNC1. The van der Waals surface area contributed by atoms with Crippen molar-refractivity contribution in [1.29, 1.82) is 0 Å². The van der Waals surface area contributed by atoms with Crippen LogP contribution in [-0.2, 0) is 6.42 Å². The summed E-state index contributed by atoms with van der Waals surface area (Å²) >= 11 is 0. The number of hydrogen-bond acceptors (Lipinski definition) is 1. The van der Waals surface area contributed by atoms with Crippen LogP contribution in [0.15, 0.2) is 18.2 Å². The molecule has 1 nitrogen and oxygen atoms in total. The van der Waals surface area contributed by atoms with E-state index < -0.39 is 0 Å². The maximum Gasteiger partial charge on any atom is 0.126 e. The van der Waals surface area contributed by atoms with Gasteiger partial charge in [-0.1, -0.05) is 12.1 Å². The molecule has 1 fully saturated rings. The molecule has 1 heterocycles. The van der Waals surface area contributed by atoms with Crippen molar-refractivity contribution in [2.24, 2.45) is 5.92 Å². The van der Waals surface area contributed by atoms with Crippen molar-refractivity contribution in [2.75, 3.05) is 13.1 Å². The quantitative estimate of drug-likeness (QED) is 0.731. The topological polar surface area (TPSA) is 12.0 Å². The highest BCUT2D eigenvalue weighted by Gasteiger charge is 2.19. The van der Waals surface area contributed by atoms with E-state index in [1.54, 1.807) is 12.1 Å². The summed E-state index contributed by atoms with van der Waals surface area (Å²) in [5.74, 6) is 0.586. The molecule has 1 aliphatic heterocycles. The number of halogens is 1. The fourth-order valence-corrected chi connectivity index (χ4v) is 1.71. The van der Waals surface area contributed by atoms with Crippen LogP contribution in [0.25, 0.3) is 0 Å². The van der Waals surface area contributed by atoms with Gasteiger partial charge in [0.05, 0.1) is 0 Å². The predicted octanol–water partition coefficient (Wildman–Crippen LogP) is 1.90. The Kier molecular flexibility index (Phi) is 2.32. The van der Waals surface area contributed by atoms with Gasteiger partial charge in [-0.3, -0.25) is 0 Å². The van der Waals surface area contributed by atoms with Crippen LogP contribution in [0.3, 0.4) is 0 Å². The fourth-order valence-electron chi connectivity index (χ4n) is 1.71.